The summed E-state index contributed by atoms with van der Waals surface area (Å²) < 4.78 is 0. The molecule has 5 nitrogen and oxygen atoms in total. The summed E-state index contributed by atoms with van der Waals surface area (Å²) in [4.78, 5) is 24.3. The van der Waals surface area contributed by atoms with Gasteiger partial charge in [-0.1, -0.05) is 0 Å². The van der Waals surface area contributed by atoms with Gasteiger partial charge in [-0.05, 0) is 38.3 Å². The van der Waals surface area contributed by atoms with Crippen LogP contribution in [0.5, 0.6) is 0 Å². The van der Waals surface area contributed by atoms with E-state index in [4.69, 9.17) is 5.26 Å². The number of hydrogen-bond acceptors (Lipinski definition) is 5. The van der Waals surface area contributed by atoms with E-state index in [1.165, 1.54) is 16.8 Å². The Labute approximate surface area is 139 Å². The molecule has 118 valence electrons. The standard InChI is InChI=1S/C17H18N4OS/c1-11-20-16-13(4-3-5-15(16)23-11)10-21(2)17(22)14-7-6-12(8-18)9-19-14/h6-7,9,13H,3-5,10H2,1-2H3/t13-/m0/s1. The van der Waals surface area contributed by atoms with Crippen molar-refractivity contribution in [1.29, 1.82) is 5.26 Å². The van der Waals surface area contributed by atoms with Crippen molar-refractivity contribution in [1.82, 2.24) is 14.9 Å². The highest BCUT2D eigenvalue weighted by atomic mass is 32.1. The number of likely N-dealkylation sites (N-methyl/N-ethyl adjacent to an activating group) is 1. The number of nitrogens with zero attached hydrogens (tertiary/aromatic N) is 4. The zero-order valence-electron chi connectivity index (χ0n) is 13.2. The average Bonchev–Trinajstić information content (AvgIpc) is 2.95. The van der Waals surface area contributed by atoms with Gasteiger partial charge in [0, 0.05) is 30.6 Å². The Kier molecular flexibility index (Phi) is 4.39. The molecule has 0 bridgehead atoms. The van der Waals surface area contributed by atoms with E-state index in [0.29, 0.717) is 23.7 Å². The number of pyridine rings is 1. The Morgan fingerprint density at radius 3 is 3.04 bits per heavy atom. The van der Waals surface area contributed by atoms with Gasteiger partial charge in [0.15, 0.2) is 0 Å². The number of hydrogen-bond donors (Lipinski definition) is 0. The second kappa shape index (κ2) is 6.47. The van der Waals surface area contributed by atoms with E-state index in [9.17, 15) is 4.79 Å². The number of aryl methyl sites for hydroxylation is 2. The molecule has 0 aliphatic heterocycles. The van der Waals surface area contributed by atoms with E-state index in [2.05, 4.69) is 9.97 Å². The number of nitriles is 1. The highest BCUT2D eigenvalue weighted by Crippen LogP contribution is 2.35. The third-order valence-corrected chi connectivity index (χ3v) is 5.18. The SMILES string of the molecule is Cc1nc2c(s1)CCC[C@H]2CN(C)C(=O)c1ccc(C#N)cn1. The summed E-state index contributed by atoms with van der Waals surface area (Å²) in [5.74, 6) is 0.185. The van der Waals surface area contributed by atoms with Crippen LogP contribution in [0.15, 0.2) is 18.3 Å². The fourth-order valence-corrected chi connectivity index (χ4v) is 4.07. The van der Waals surface area contributed by atoms with Crippen LogP contribution in [0.2, 0.25) is 0 Å². The van der Waals surface area contributed by atoms with Gasteiger partial charge in [-0.25, -0.2) is 9.97 Å². The summed E-state index contributed by atoms with van der Waals surface area (Å²) in [6.45, 7) is 2.69. The first-order chi connectivity index (χ1) is 11.1. The predicted molar refractivity (Wildman–Crippen MR) is 88.4 cm³/mol. The van der Waals surface area contributed by atoms with Gasteiger partial charge in [-0.15, -0.1) is 11.3 Å². The molecule has 2 aromatic rings. The van der Waals surface area contributed by atoms with E-state index in [-0.39, 0.29) is 5.91 Å². The zero-order chi connectivity index (χ0) is 16.4. The van der Waals surface area contributed by atoms with Crippen molar-refractivity contribution < 1.29 is 4.79 Å². The number of rotatable bonds is 3. The molecule has 2 heterocycles. The van der Waals surface area contributed by atoms with E-state index < -0.39 is 0 Å². The molecule has 0 fully saturated rings. The fraction of sp³-hybridized carbons (Fsp3) is 0.412. The molecule has 0 saturated carbocycles. The van der Waals surface area contributed by atoms with Crippen LogP contribution in [-0.4, -0.2) is 34.4 Å². The quantitative estimate of drug-likeness (QED) is 0.869. The van der Waals surface area contributed by atoms with Crippen molar-refractivity contribution >= 4 is 17.2 Å². The van der Waals surface area contributed by atoms with Crippen LogP contribution in [0.3, 0.4) is 0 Å². The summed E-state index contributed by atoms with van der Waals surface area (Å²) >= 11 is 1.77. The lowest BCUT2D eigenvalue weighted by molar-refractivity contribution is 0.0777. The van der Waals surface area contributed by atoms with Gasteiger partial charge in [-0.3, -0.25) is 4.79 Å². The summed E-state index contributed by atoms with van der Waals surface area (Å²) in [5.41, 5.74) is 2.00. The molecule has 6 heteroatoms. The first-order valence-corrected chi connectivity index (χ1v) is 8.48. The number of carbonyl (C=O) groups excluding carboxylic acids is 1. The van der Waals surface area contributed by atoms with Gasteiger partial charge in [0.1, 0.15) is 11.8 Å². The maximum atomic E-state index is 12.5. The molecule has 0 N–H and O–H groups in total. The minimum absolute atomic E-state index is 0.117. The smallest absolute Gasteiger partial charge is 0.272 e. The predicted octanol–water partition coefficient (Wildman–Crippen LogP) is 2.91. The minimum atomic E-state index is -0.117. The molecular weight excluding hydrogens is 308 g/mol. The summed E-state index contributed by atoms with van der Waals surface area (Å²) in [6, 6.07) is 5.24. The van der Waals surface area contributed by atoms with E-state index in [1.54, 1.807) is 35.4 Å². The molecule has 1 amide bonds. The van der Waals surface area contributed by atoms with E-state index in [1.807, 2.05) is 13.0 Å². The highest BCUT2D eigenvalue weighted by molar-refractivity contribution is 7.11. The number of thiazole rings is 1. The topological polar surface area (TPSA) is 69.9 Å². The normalized spacial score (nSPS) is 16.5. The van der Waals surface area contributed by atoms with Crippen molar-refractivity contribution in [2.75, 3.05) is 13.6 Å². The molecule has 0 radical (unpaired) electrons. The number of aromatic nitrogens is 2. The minimum Gasteiger partial charge on any atom is -0.340 e. The molecular formula is C17H18N4OS. The first-order valence-electron chi connectivity index (χ1n) is 7.66. The van der Waals surface area contributed by atoms with Gasteiger partial charge in [-0.2, -0.15) is 5.26 Å². The van der Waals surface area contributed by atoms with Crippen LogP contribution in [0.1, 0.15) is 50.4 Å². The molecule has 2 aromatic heterocycles. The highest BCUT2D eigenvalue weighted by Gasteiger charge is 2.26. The maximum Gasteiger partial charge on any atom is 0.272 e. The van der Waals surface area contributed by atoms with Crippen molar-refractivity contribution in [2.45, 2.75) is 32.1 Å². The number of carbonyl (C=O) groups is 1. The molecule has 1 aliphatic rings. The number of fused-ring (bicyclic) bond motifs is 1. The molecule has 1 atom stereocenters. The fourth-order valence-electron chi connectivity index (χ4n) is 3.00. The Morgan fingerprint density at radius 2 is 2.35 bits per heavy atom. The monoisotopic (exact) mass is 326 g/mol. The van der Waals surface area contributed by atoms with Crippen LogP contribution >= 0.6 is 11.3 Å². The second-order valence-electron chi connectivity index (χ2n) is 5.86. The molecule has 0 unspecified atom stereocenters. The Bertz CT molecular complexity index is 760. The van der Waals surface area contributed by atoms with Crippen molar-refractivity contribution in [3.8, 4) is 6.07 Å². The van der Waals surface area contributed by atoms with Crippen molar-refractivity contribution in [2.24, 2.45) is 0 Å². The second-order valence-corrected chi connectivity index (χ2v) is 7.15. The van der Waals surface area contributed by atoms with Gasteiger partial charge in [0.05, 0.1) is 16.3 Å². The zero-order valence-corrected chi connectivity index (χ0v) is 14.1. The van der Waals surface area contributed by atoms with E-state index in [0.717, 1.165) is 24.3 Å². The summed E-state index contributed by atoms with van der Waals surface area (Å²) in [6.07, 6.45) is 4.75. The van der Waals surface area contributed by atoms with Crippen LogP contribution in [-0.2, 0) is 6.42 Å². The van der Waals surface area contributed by atoms with E-state index >= 15 is 0 Å². The third-order valence-electron chi connectivity index (χ3n) is 4.13. The van der Waals surface area contributed by atoms with Crippen LogP contribution in [0, 0.1) is 18.3 Å². The van der Waals surface area contributed by atoms with Gasteiger partial charge in [0.25, 0.3) is 5.91 Å². The van der Waals surface area contributed by atoms with Crippen LogP contribution < -0.4 is 0 Å². The average molecular weight is 326 g/mol. The third kappa shape index (κ3) is 3.25. The Morgan fingerprint density at radius 1 is 1.52 bits per heavy atom. The first kappa shape index (κ1) is 15.6. The van der Waals surface area contributed by atoms with Crippen LogP contribution in [0.25, 0.3) is 0 Å². The summed E-state index contributed by atoms with van der Waals surface area (Å²) in [5, 5.41) is 9.90. The lowest BCUT2D eigenvalue weighted by atomic mass is 9.90. The van der Waals surface area contributed by atoms with Crippen LogP contribution in [0.4, 0.5) is 0 Å². The largest absolute Gasteiger partial charge is 0.340 e. The lowest BCUT2D eigenvalue weighted by Crippen LogP contribution is -2.32. The Hall–Kier alpha value is -2.26. The Balaban J connectivity index is 1.72. The molecule has 0 spiro atoms. The van der Waals surface area contributed by atoms with Gasteiger partial charge in [0.2, 0.25) is 0 Å². The van der Waals surface area contributed by atoms with Gasteiger partial charge < -0.3 is 4.90 Å². The number of amides is 1. The van der Waals surface area contributed by atoms with Crippen molar-refractivity contribution in [3.63, 3.8) is 0 Å². The van der Waals surface area contributed by atoms with Crippen molar-refractivity contribution in [3.05, 3.63) is 45.2 Å². The summed E-state index contributed by atoms with van der Waals surface area (Å²) in [7, 11) is 1.80. The molecule has 0 aromatic carbocycles. The lowest BCUT2D eigenvalue weighted by Gasteiger charge is -2.26. The molecule has 1 aliphatic carbocycles. The van der Waals surface area contributed by atoms with Gasteiger partial charge >= 0.3 is 0 Å². The molecule has 23 heavy (non-hydrogen) atoms. The maximum absolute atomic E-state index is 12.5. The molecule has 0 saturated heterocycles. The molecule has 3 rings (SSSR count).